The standard InChI is InChI=1S/C10H10N2OS/c1-14-7-9-11-12-10(13-9)8-5-3-2-4-6-8/h2-6H,7H2,1H3. The normalized spacial score (nSPS) is 10.4. The van der Waals surface area contributed by atoms with Gasteiger partial charge in [-0.2, -0.15) is 11.8 Å². The van der Waals surface area contributed by atoms with Crippen LogP contribution in [0, 0.1) is 0 Å². The van der Waals surface area contributed by atoms with Crippen molar-refractivity contribution in [2.75, 3.05) is 6.26 Å². The van der Waals surface area contributed by atoms with Crippen molar-refractivity contribution in [2.24, 2.45) is 0 Å². The largest absolute Gasteiger partial charge is 0.420 e. The molecule has 0 aliphatic rings. The van der Waals surface area contributed by atoms with Crippen molar-refractivity contribution >= 4 is 11.8 Å². The van der Waals surface area contributed by atoms with E-state index >= 15 is 0 Å². The summed E-state index contributed by atoms with van der Waals surface area (Å²) in [6.07, 6.45) is 2.01. The molecule has 0 N–H and O–H groups in total. The van der Waals surface area contributed by atoms with Crippen LogP contribution in [-0.4, -0.2) is 16.5 Å². The molecule has 0 fully saturated rings. The highest BCUT2D eigenvalue weighted by Crippen LogP contribution is 2.18. The Labute approximate surface area is 86.5 Å². The first kappa shape index (κ1) is 9.27. The molecule has 0 amide bonds. The summed E-state index contributed by atoms with van der Waals surface area (Å²) in [5.41, 5.74) is 0.965. The van der Waals surface area contributed by atoms with Crippen LogP contribution in [0.2, 0.25) is 0 Å². The summed E-state index contributed by atoms with van der Waals surface area (Å²) in [5, 5.41) is 7.92. The van der Waals surface area contributed by atoms with Gasteiger partial charge in [-0.3, -0.25) is 0 Å². The molecular weight excluding hydrogens is 196 g/mol. The fourth-order valence-corrected chi connectivity index (χ4v) is 1.50. The lowest BCUT2D eigenvalue weighted by Gasteiger charge is -1.91. The zero-order chi connectivity index (χ0) is 9.80. The minimum Gasteiger partial charge on any atom is -0.420 e. The van der Waals surface area contributed by atoms with Crippen molar-refractivity contribution in [1.29, 1.82) is 0 Å². The molecular formula is C10H10N2OS. The SMILES string of the molecule is CSCc1nnc(-c2ccccc2)o1. The Morgan fingerprint density at radius 1 is 1.21 bits per heavy atom. The van der Waals surface area contributed by atoms with Crippen LogP contribution < -0.4 is 0 Å². The summed E-state index contributed by atoms with van der Waals surface area (Å²) >= 11 is 1.67. The Hall–Kier alpha value is -1.29. The molecule has 0 aliphatic heterocycles. The molecule has 2 aromatic rings. The van der Waals surface area contributed by atoms with Gasteiger partial charge < -0.3 is 4.42 Å². The minimum absolute atomic E-state index is 0.592. The molecule has 1 aromatic heterocycles. The number of aromatic nitrogens is 2. The van der Waals surface area contributed by atoms with Gasteiger partial charge in [0.2, 0.25) is 11.8 Å². The smallest absolute Gasteiger partial charge is 0.247 e. The van der Waals surface area contributed by atoms with E-state index in [1.54, 1.807) is 11.8 Å². The number of nitrogens with zero attached hydrogens (tertiary/aromatic N) is 2. The van der Waals surface area contributed by atoms with Gasteiger partial charge >= 0.3 is 0 Å². The fourth-order valence-electron chi connectivity index (χ4n) is 1.13. The van der Waals surface area contributed by atoms with Crippen molar-refractivity contribution in [3.05, 3.63) is 36.2 Å². The third kappa shape index (κ3) is 1.96. The maximum atomic E-state index is 5.47. The average molecular weight is 206 g/mol. The summed E-state index contributed by atoms with van der Waals surface area (Å²) < 4.78 is 5.47. The second-order valence-electron chi connectivity index (χ2n) is 2.80. The first-order valence-corrected chi connectivity index (χ1v) is 5.66. The molecule has 1 aromatic carbocycles. The average Bonchev–Trinajstić information content (AvgIpc) is 2.68. The van der Waals surface area contributed by atoms with Crippen LogP contribution in [0.3, 0.4) is 0 Å². The van der Waals surface area contributed by atoms with E-state index in [-0.39, 0.29) is 0 Å². The summed E-state index contributed by atoms with van der Waals surface area (Å²) in [6.45, 7) is 0. The summed E-state index contributed by atoms with van der Waals surface area (Å²) in [6, 6.07) is 9.77. The van der Waals surface area contributed by atoms with Crippen LogP contribution in [0.5, 0.6) is 0 Å². The zero-order valence-corrected chi connectivity index (χ0v) is 8.62. The molecule has 0 atom stereocenters. The van der Waals surface area contributed by atoms with Gasteiger partial charge in [0, 0.05) is 5.56 Å². The molecule has 0 aliphatic carbocycles. The van der Waals surface area contributed by atoms with Crippen LogP contribution in [-0.2, 0) is 5.75 Å². The quantitative estimate of drug-likeness (QED) is 0.773. The second-order valence-corrected chi connectivity index (χ2v) is 3.67. The van der Waals surface area contributed by atoms with Crippen molar-refractivity contribution < 1.29 is 4.42 Å². The molecule has 1 heterocycles. The molecule has 0 unspecified atom stereocenters. The van der Waals surface area contributed by atoms with Crippen LogP contribution in [0.1, 0.15) is 5.89 Å². The molecule has 0 saturated carbocycles. The number of rotatable bonds is 3. The molecule has 2 rings (SSSR count). The zero-order valence-electron chi connectivity index (χ0n) is 7.80. The second kappa shape index (κ2) is 4.28. The lowest BCUT2D eigenvalue weighted by molar-refractivity contribution is 0.528. The summed E-state index contributed by atoms with van der Waals surface area (Å²) in [4.78, 5) is 0. The maximum absolute atomic E-state index is 5.47. The third-order valence-electron chi connectivity index (χ3n) is 1.76. The highest BCUT2D eigenvalue weighted by Gasteiger charge is 2.06. The van der Waals surface area contributed by atoms with Gasteiger partial charge in [0.05, 0.1) is 5.75 Å². The molecule has 0 spiro atoms. The Morgan fingerprint density at radius 2 is 2.00 bits per heavy atom. The maximum Gasteiger partial charge on any atom is 0.247 e. The van der Waals surface area contributed by atoms with Crippen molar-refractivity contribution in [1.82, 2.24) is 10.2 Å². The number of benzene rings is 1. The van der Waals surface area contributed by atoms with E-state index in [1.165, 1.54) is 0 Å². The van der Waals surface area contributed by atoms with Gasteiger partial charge in [-0.25, -0.2) is 0 Å². The topological polar surface area (TPSA) is 38.9 Å². The van der Waals surface area contributed by atoms with Gasteiger partial charge in [0.25, 0.3) is 0 Å². The molecule has 3 nitrogen and oxygen atoms in total. The van der Waals surface area contributed by atoms with Crippen LogP contribution >= 0.6 is 11.8 Å². The third-order valence-corrected chi connectivity index (χ3v) is 2.29. The summed E-state index contributed by atoms with van der Waals surface area (Å²) in [7, 11) is 0. The van der Waals surface area contributed by atoms with Crippen molar-refractivity contribution in [2.45, 2.75) is 5.75 Å². The van der Waals surface area contributed by atoms with Crippen molar-refractivity contribution in [3.8, 4) is 11.5 Å². The van der Waals surface area contributed by atoms with E-state index in [0.717, 1.165) is 11.3 Å². The predicted octanol–water partition coefficient (Wildman–Crippen LogP) is 2.60. The van der Waals surface area contributed by atoms with E-state index in [9.17, 15) is 0 Å². The Balaban J connectivity index is 2.25. The monoisotopic (exact) mass is 206 g/mol. The number of thioether (sulfide) groups is 1. The molecule has 0 bridgehead atoms. The minimum atomic E-state index is 0.592. The lowest BCUT2D eigenvalue weighted by atomic mass is 10.2. The predicted molar refractivity (Wildman–Crippen MR) is 57.0 cm³/mol. The molecule has 4 heteroatoms. The van der Waals surface area contributed by atoms with E-state index in [4.69, 9.17) is 4.42 Å². The number of hydrogen-bond donors (Lipinski definition) is 0. The van der Waals surface area contributed by atoms with Gasteiger partial charge in [-0.05, 0) is 18.4 Å². The fraction of sp³-hybridized carbons (Fsp3) is 0.200. The van der Waals surface area contributed by atoms with Crippen LogP contribution in [0.4, 0.5) is 0 Å². The first-order chi connectivity index (χ1) is 6.90. The van der Waals surface area contributed by atoms with Crippen molar-refractivity contribution in [3.63, 3.8) is 0 Å². The van der Waals surface area contributed by atoms with E-state index in [1.807, 2.05) is 36.6 Å². The lowest BCUT2D eigenvalue weighted by Crippen LogP contribution is -1.77. The van der Waals surface area contributed by atoms with E-state index < -0.39 is 0 Å². The molecule has 14 heavy (non-hydrogen) atoms. The Kier molecular flexibility index (Phi) is 2.84. The Morgan fingerprint density at radius 3 is 2.71 bits per heavy atom. The van der Waals surface area contributed by atoms with Crippen LogP contribution in [0.25, 0.3) is 11.5 Å². The highest BCUT2D eigenvalue weighted by atomic mass is 32.2. The molecule has 0 saturated heterocycles. The van der Waals surface area contributed by atoms with Gasteiger partial charge in [0.1, 0.15) is 0 Å². The molecule has 72 valence electrons. The van der Waals surface area contributed by atoms with E-state index in [2.05, 4.69) is 10.2 Å². The van der Waals surface area contributed by atoms with Gasteiger partial charge in [-0.1, -0.05) is 18.2 Å². The Bertz CT molecular complexity index is 400. The van der Waals surface area contributed by atoms with E-state index in [0.29, 0.717) is 11.8 Å². The van der Waals surface area contributed by atoms with Crippen LogP contribution in [0.15, 0.2) is 34.7 Å². The van der Waals surface area contributed by atoms with Gasteiger partial charge in [0.15, 0.2) is 0 Å². The van der Waals surface area contributed by atoms with Gasteiger partial charge in [-0.15, -0.1) is 10.2 Å². The summed E-state index contributed by atoms with van der Waals surface area (Å²) in [5.74, 6) is 2.03. The first-order valence-electron chi connectivity index (χ1n) is 4.27. The number of hydrogen-bond acceptors (Lipinski definition) is 4. The highest BCUT2D eigenvalue weighted by molar-refractivity contribution is 7.97. The molecule has 0 radical (unpaired) electrons.